The van der Waals surface area contributed by atoms with E-state index in [1.165, 1.54) is 11.1 Å². The van der Waals surface area contributed by atoms with Crippen molar-refractivity contribution in [2.24, 2.45) is 0 Å². The van der Waals surface area contributed by atoms with Crippen LogP contribution in [0.3, 0.4) is 0 Å². The second kappa shape index (κ2) is 17.2. The molecular weight excluding hydrogens is 815 g/mol. The highest BCUT2D eigenvalue weighted by atomic mass is 16.3. The van der Waals surface area contributed by atoms with E-state index in [0.717, 1.165) is 94.3 Å². The molecule has 0 spiro atoms. The van der Waals surface area contributed by atoms with Crippen LogP contribution < -0.4 is 0 Å². The van der Waals surface area contributed by atoms with Gasteiger partial charge in [0, 0.05) is 27.5 Å². The molecule has 0 atom stereocenters. The molecule has 0 aliphatic heterocycles. The van der Waals surface area contributed by atoms with Crippen LogP contribution in [0.15, 0.2) is 253 Å². The van der Waals surface area contributed by atoms with E-state index in [-0.39, 0.29) is 0 Å². The van der Waals surface area contributed by atoms with E-state index in [0.29, 0.717) is 17.5 Å². The van der Waals surface area contributed by atoms with Crippen molar-refractivity contribution in [2.75, 3.05) is 0 Å². The Morgan fingerprint density at radius 1 is 0.224 bits per heavy atom. The first kappa shape index (κ1) is 39.6. The Morgan fingerprint density at radius 3 is 1.24 bits per heavy atom. The first-order valence-electron chi connectivity index (χ1n) is 22.6. The summed E-state index contributed by atoms with van der Waals surface area (Å²) in [5.41, 5.74) is 17.8. The molecule has 12 aromatic rings. The number of nitrogens with zero attached hydrogens (tertiary/aromatic N) is 3. The van der Waals surface area contributed by atoms with E-state index in [9.17, 15) is 0 Å². The second-order valence-electron chi connectivity index (χ2n) is 16.8. The normalized spacial score (nSPS) is 11.3. The van der Waals surface area contributed by atoms with E-state index >= 15 is 0 Å². The number of hydrogen-bond acceptors (Lipinski definition) is 4. The molecule has 314 valence electrons. The van der Waals surface area contributed by atoms with E-state index in [4.69, 9.17) is 19.4 Å². The molecule has 0 bridgehead atoms. The lowest BCUT2D eigenvalue weighted by Crippen LogP contribution is -2.00. The molecule has 10 aromatic carbocycles. The Balaban J connectivity index is 1.01. The lowest BCUT2D eigenvalue weighted by atomic mass is 9.89. The molecule has 67 heavy (non-hydrogen) atoms. The monoisotopic (exact) mass is 855 g/mol. The third-order valence-electron chi connectivity index (χ3n) is 12.5. The minimum atomic E-state index is 0.559. The minimum absolute atomic E-state index is 0.559. The zero-order valence-corrected chi connectivity index (χ0v) is 36.4. The van der Waals surface area contributed by atoms with Crippen molar-refractivity contribution in [3.05, 3.63) is 249 Å². The highest BCUT2D eigenvalue weighted by molar-refractivity contribution is 6.14. The van der Waals surface area contributed by atoms with Crippen molar-refractivity contribution in [1.82, 2.24) is 15.0 Å². The smallest absolute Gasteiger partial charge is 0.164 e. The molecule has 2 heterocycles. The summed E-state index contributed by atoms with van der Waals surface area (Å²) in [6.45, 7) is 0. The van der Waals surface area contributed by atoms with Crippen LogP contribution >= 0.6 is 0 Å². The minimum Gasteiger partial charge on any atom is -0.456 e. The Kier molecular flexibility index (Phi) is 10.2. The predicted molar refractivity (Wildman–Crippen MR) is 276 cm³/mol. The fourth-order valence-electron chi connectivity index (χ4n) is 9.19. The molecule has 4 heteroatoms. The third-order valence-corrected chi connectivity index (χ3v) is 12.5. The number of hydrogen-bond donors (Lipinski definition) is 0. The van der Waals surface area contributed by atoms with Crippen LogP contribution in [0, 0.1) is 0 Å². The maximum Gasteiger partial charge on any atom is 0.164 e. The molecule has 0 aliphatic rings. The first-order valence-corrected chi connectivity index (χ1v) is 22.6. The summed E-state index contributed by atoms with van der Waals surface area (Å²) in [6, 6.07) is 87.1. The van der Waals surface area contributed by atoms with Gasteiger partial charge in [-0.25, -0.2) is 15.0 Å². The van der Waals surface area contributed by atoms with E-state index in [2.05, 4.69) is 231 Å². The first-order chi connectivity index (χ1) is 33.2. The molecular formula is C63H41N3O. The largest absolute Gasteiger partial charge is 0.456 e. The van der Waals surface area contributed by atoms with Gasteiger partial charge in [-0.15, -0.1) is 0 Å². The van der Waals surface area contributed by atoms with Gasteiger partial charge in [0.1, 0.15) is 11.2 Å². The van der Waals surface area contributed by atoms with Crippen LogP contribution in [0.2, 0.25) is 0 Å². The van der Waals surface area contributed by atoms with Crippen molar-refractivity contribution < 1.29 is 4.42 Å². The van der Waals surface area contributed by atoms with Crippen LogP contribution in [-0.4, -0.2) is 15.0 Å². The van der Waals surface area contributed by atoms with Crippen molar-refractivity contribution in [3.8, 4) is 101 Å². The molecule has 0 saturated heterocycles. The van der Waals surface area contributed by atoms with E-state index in [1.54, 1.807) is 0 Å². The second-order valence-corrected chi connectivity index (χ2v) is 16.8. The van der Waals surface area contributed by atoms with E-state index < -0.39 is 0 Å². The number of furan rings is 1. The lowest BCUT2D eigenvalue weighted by Gasteiger charge is -2.14. The van der Waals surface area contributed by atoms with Gasteiger partial charge in [0.25, 0.3) is 0 Å². The van der Waals surface area contributed by atoms with Gasteiger partial charge in [-0.1, -0.05) is 206 Å². The third kappa shape index (κ3) is 7.77. The van der Waals surface area contributed by atoms with Crippen LogP contribution in [0.1, 0.15) is 0 Å². The van der Waals surface area contributed by atoms with Crippen molar-refractivity contribution in [3.63, 3.8) is 0 Å². The van der Waals surface area contributed by atoms with Crippen molar-refractivity contribution in [1.29, 1.82) is 0 Å². The Labute approximate surface area is 389 Å². The van der Waals surface area contributed by atoms with Gasteiger partial charge in [0.05, 0.1) is 0 Å². The Bertz CT molecular complexity index is 3640. The highest BCUT2D eigenvalue weighted by Gasteiger charge is 2.20. The Hall–Kier alpha value is -8.99. The maximum absolute atomic E-state index is 6.76. The summed E-state index contributed by atoms with van der Waals surface area (Å²) in [6.07, 6.45) is 0. The van der Waals surface area contributed by atoms with Gasteiger partial charge in [0.15, 0.2) is 17.5 Å². The molecule has 4 nitrogen and oxygen atoms in total. The molecule has 0 N–H and O–H groups in total. The maximum atomic E-state index is 6.76. The van der Waals surface area contributed by atoms with Gasteiger partial charge in [-0.2, -0.15) is 0 Å². The molecule has 0 unspecified atom stereocenters. The van der Waals surface area contributed by atoms with Gasteiger partial charge in [0.2, 0.25) is 0 Å². The topological polar surface area (TPSA) is 51.8 Å². The number of aromatic nitrogens is 3. The molecule has 0 radical (unpaired) electrons. The molecule has 0 saturated carbocycles. The predicted octanol–water partition coefficient (Wildman–Crippen LogP) is 16.8. The number of fused-ring (bicyclic) bond motifs is 3. The van der Waals surface area contributed by atoms with Gasteiger partial charge < -0.3 is 4.42 Å². The molecule has 0 fully saturated rings. The average Bonchev–Trinajstić information content (AvgIpc) is 3.80. The fraction of sp³-hybridized carbons (Fsp3) is 0. The SMILES string of the molecule is c1ccc(-c2ccc(-c3nc(-c4cc(-c5ccccc5)cc(-c5ccccc5)c4)nc(-c4ccc5c(c4)oc4cccc(-c6ccc(-c7ccccc7)cc6-c6ccccc6)c45)n3)cc2)cc1. The van der Waals surface area contributed by atoms with Crippen LogP contribution in [0.5, 0.6) is 0 Å². The molecule has 0 amide bonds. The number of rotatable bonds is 9. The molecule has 0 aliphatic carbocycles. The van der Waals surface area contributed by atoms with Gasteiger partial charge in [-0.3, -0.25) is 0 Å². The summed E-state index contributed by atoms with van der Waals surface area (Å²) in [5.74, 6) is 1.73. The standard InChI is InChI=1S/C63H41N3O/c1-6-17-42(18-7-1)46-29-31-48(32-30-46)61-64-62(66-63(65-61)53-38-51(44-21-10-3-11-22-44)37-52(39-53)45-23-12-4-13-24-45)50-34-36-56-59(41-50)67-58-28-16-27-55(60(56)58)54-35-33-49(43-19-8-2-9-20-43)40-57(54)47-25-14-5-15-26-47/h1-41H. The van der Waals surface area contributed by atoms with Gasteiger partial charge >= 0.3 is 0 Å². The summed E-state index contributed by atoms with van der Waals surface area (Å²) in [5, 5.41) is 2.09. The van der Waals surface area contributed by atoms with Crippen molar-refractivity contribution in [2.45, 2.75) is 0 Å². The van der Waals surface area contributed by atoms with E-state index in [1.807, 2.05) is 18.2 Å². The zero-order chi connectivity index (χ0) is 44.5. The molecule has 2 aromatic heterocycles. The fourth-order valence-corrected chi connectivity index (χ4v) is 9.19. The summed E-state index contributed by atoms with van der Waals surface area (Å²) >= 11 is 0. The average molecular weight is 856 g/mol. The lowest BCUT2D eigenvalue weighted by molar-refractivity contribution is 0.669. The summed E-state index contributed by atoms with van der Waals surface area (Å²) in [7, 11) is 0. The highest BCUT2D eigenvalue weighted by Crippen LogP contribution is 2.43. The van der Waals surface area contributed by atoms with Crippen molar-refractivity contribution >= 4 is 21.9 Å². The van der Waals surface area contributed by atoms with Crippen LogP contribution in [0.25, 0.3) is 123 Å². The zero-order valence-electron chi connectivity index (χ0n) is 36.4. The van der Waals surface area contributed by atoms with Crippen LogP contribution in [-0.2, 0) is 0 Å². The van der Waals surface area contributed by atoms with Gasteiger partial charge in [-0.05, 0) is 109 Å². The summed E-state index contributed by atoms with van der Waals surface area (Å²) in [4.78, 5) is 15.7. The van der Waals surface area contributed by atoms with Crippen LogP contribution in [0.4, 0.5) is 0 Å². The quantitative estimate of drug-likeness (QED) is 0.145. The summed E-state index contributed by atoms with van der Waals surface area (Å²) < 4.78 is 6.76. The Morgan fingerprint density at radius 2 is 0.657 bits per heavy atom. The number of benzene rings is 10. The molecule has 12 rings (SSSR count).